The number of hydrogen-bond donors (Lipinski definition) is 2. The number of thiophene rings is 1. The van der Waals surface area contributed by atoms with Gasteiger partial charge in [0, 0.05) is 46.3 Å². The predicted octanol–water partition coefficient (Wildman–Crippen LogP) is 6.33. The molecule has 0 atom stereocenters. The first kappa shape index (κ1) is 25.5. The standard InChI is InChI=1S/C31H28N6O2S/c32-30-34-13-11-29(36-30)37(14-6-12-35-31(38)39-20-21-7-2-1-3-8-21)24-15-23-18-33-19-26(23)25(17-24)28-16-22-9-4-5-10-27(22)40-28/h1-5,7-11,13,15-18H,6,12,14,19-20H2,(H,35,38)(H2,32,34,36). The lowest BCUT2D eigenvalue weighted by Crippen LogP contribution is -2.29. The number of benzene rings is 3. The third-order valence-corrected chi connectivity index (χ3v) is 7.88. The molecule has 2 aromatic heterocycles. The molecule has 0 spiro atoms. The third kappa shape index (κ3) is 5.64. The number of carbonyl (C=O) groups excluding carboxylic acids is 1. The van der Waals surface area contributed by atoms with Gasteiger partial charge in [0.15, 0.2) is 0 Å². The number of nitrogen functional groups attached to an aromatic ring is 1. The molecule has 0 saturated carbocycles. The average Bonchev–Trinajstić information content (AvgIpc) is 3.63. The molecule has 0 radical (unpaired) electrons. The SMILES string of the molecule is Nc1nccc(N(CCCNC(=O)OCc2ccccc2)c2cc3c(c(-c4cc5ccccc5s4)c2)CN=C3)n1. The van der Waals surface area contributed by atoms with Gasteiger partial charge in [0.25, 0.3) is 0 Å². The molecular weight excluding hydrogens is 520 g/mol. The number of ether oxygens (including phenoxy) is 1. The summed E-state index contributed by atoms with van der Waals surface area (Å²) in [7, 11) is 0. The lowest BCUT2D eigenvalue weighted by molar-refractivity contribution is 0.139. The predicted molar refractivity (Wildman–Crippen MR) is 161 cm³/mol. The van der Waals surface area contributed by atoms with E-state index in [4.69, 9.17) is 10.5 Å². The summed E-state index contributed by atoms with van der Waals surface area (Å²) in [5.74, 6) is 0.897. The molecular formula is C31H28N6O2S. The van der Waals surface area contributed by atoms with Crippen LogP contribution in [0.5, 0.6) is 0 Å². The highest BCUT2D eigenvalue weighted by atomic mass is 32.1. The van der Waals surface area contributed by atoms with E-state index in [0.717, 1.165) is 16.8 Å². The van der Waals surface area contributed by atoms with Crippen molar-refractivity contribution in [2.75, 3.05) is 23.7 Å². The van der Waals surface area contributed by atoms with Crippen LogP contribution in [0.1, 0.15) is 23.1 Å². The van der Waals surface area contributed by atoms with Crippen molar-refractivity contribution in [2.24, 2.45) is 4.99 Å². The van der Waals surface area contributed by atoms with E-state index in [1.165, 1.54) is 26.1 Å². The molecule has 9 heteroatoms. The molecule has 0 bridgehead atoms. The van der Waals surface area contributed by atoms with Crippen LogP contribution >= 0.6 is 11.3 Å². The van der Waals surface area contributed by atoms with E-state index in [-0.39, 0.29) is 12.6 Å². The summed E-state index contributed by atoms with van der Waals surface area (Å²) in [6.07, 6.45) is 3.81. The Hall–Kier alpha value is -4.76. The largest absolute Gasteiger partial charge is 0.445 e. The number of nitrogens with zero attached hydrogens (tertiary/aromatic N) is 4. The van der Waals surface area contributed by atoms with Crippen molar-refractivity contribution in [3.8, 4) is 10.4 Å². The Morgan fingerprint density at radius 2 is 1.90 bits per heavy atom. The maximum atomic E-state index is 12.3. The maximum Gasteiger partial charge on any atom is 0.407 e. The van der Waals surface area contributed by atoms with Gasteiger partial charge in [-0.15, -0.1) is 11.3 Å². The van der Waals surface area contributed by atoms with Crippen molar-refractivity contribution in [3.63, 3.8) is 0 Å². The number of aromatic nitrogens is 2. The highest BCUT2D eigenvalue weighted by Gasteiger charge is 2.20. The normalized spacial score (nSPS) is 11.9. The lowest BCUT2D eigenvalue weighted by Gasteiger charge is -2.25. The van der Waals surface area contributed by atoms with E-state index in [2.05, 4.69) is 67.6 Å². The number of anilines is 3. The zero-order valence-corrected chi connectivity index (χ0v) is 22.6. The lowest BCUT2D eigenvalue weighted by atomic mass is 9.99. The van der Waals surface area contributed by atoms with Crippen molar-refractivity contribution in [1.82, 2.24) is 15.3 Å². The summed E-state index contributed by atoms with van der Waals surface area (Å²) in [4.78, 5) is 28.7. The van der Waals surface area contributed by atoms with Gasteiger partial charge < -0.3 is 20.7 Å². The molecule has 0 unspecified atom stereocenters. The van der Waals surface area contributed by atoms with Gasteiger partial charge in [0.1, 0.15) is 12.4 Å². The molecule has 1 aliphatic heterocycles. The molecule has 0 saturated heterocycles. The van der Waals surface area contributed by atoms with Crippen LogP contribution in [-0.4, -0.2) is 35.4 Å². The number of carbonyl (C=O) groups is 1. The third-order valence-electron chi connectivity index (χ3n) is 6.73. The second-order valence-electron chi connectivity index (χ2n) is 9.45. The Labute approximate surface area is 236 Å². The summed E-state index contributed by atoms with van der Waals surface area (Å²) in [5.41, 5.74) is 11.4. The van der Waals surface area contributed by atoms with Gasteiger partial charge in [-0.3, -0.25) is 4.99 Å². The van der Waals surface area contributed by atoms with Crippen LogP contribution < -0.4 is 16.0 Å². The second kappa shape index (κ2) is 11.5. The van der Waals surface area contributed by atoms with Gasteiger partial charge in [0.05, 0.1) is 6.54 Å². The smallest absolute Gasteiger partial charge is 0.407 e. The summed E-state index contributed by atoms with van der Waals surface area (Å²) in [6, 6.07) is 26.5. The van der Waals surface area contributed by atoms with Crippen molar-refractivity contribution in [1.29, 1.82) is 0 Å². The zero-order valence-electron chi connectivity index (χ0n) is 21.8. The van der Waals surface area contributed by atoms with E-state index < -0.39 is 6.09 Å². The summed E-state index contributed by atoms with van der Waals surface area (Å²) in [6.45, 7) is 1.93. The van der Waals surface area contributed by atoms with Crippen LogP contribution in [0, 0.1) is 0 Å². The molecule has 5 aromatic rings. The van der Waals surface area contributed by atoms with E-state index in [1.807, 2.05) is 42.6 Å². The molecule has 1 aliphatic rings. The van der Waals surface area contributed by atoms with Crippen LogP contribution in [0.3, 0.4) is 0 Å². The molecule has 6 rings (SSSR count). The van der Waals surface area contributed by atoms with E-state index in [9.17, 15) is 4.79 Å². The van der Waals surface area contributed by atoms with Gasteiger partial charge >= 0.3 is 6.09 Å². The van der Waals surface area contributed by atoms with Crippen molar-refractivity contribution in [2.45, 2.75) is 19.6 Å². The Bertz CT molecular complexity index is 1650. The molecule has 0 aliphatic carbocycles. The van der Waals surface area contributed by atoms with Gasteiger partial charge in [-0.05, 0) is 58.8 Å². The van der Waals surface area contributed by atoms with Crippen molar-refractivity contribution >= 4 is 51.2 Å². The first-order chi connectivity index (χ1) is 19.6. The van der Waals surface area contributed by atoms with E-state index in [1.54, 1.807) is 17.5 Å². The second-order valence-corrected chi connectivity index (χ2v) is 10.5. The fourth-order valence-electron chi connectivity index (χ4n) is 4.79. The van der Waals surface area contributed by atoms with Crippen LogP contribution in [0.15, 0.2) is 90.1 Å². The molecule has 3 heterocycles. The fraction of sp³-hybridized carbons (Fsp3) is 0.161. The minimum atomic E-state index is -0.442. The molecule has 0 fully saturated rings. The number of aliphatic imine (C=N–C) groups is 1. The Kier molecular flexibility index (Phi) is 7.37. The number of nitrogens with two attached hydrogens (primary N) is 1. The topological polar surface area (TPSA) is 106 Å². The first-order valence-electron chi connectivity index (χ1n) is 13.1. The van der Waals surface area contributed by atoms with Gasteiger partial charge in [0.2, 0.25) is 5.95 Å². The number of fused-ring (bicyclic) bond motifs is 2. The zero-order chi connectivity index (χ0) is 27.3. The number of nitrogens with one attached hydrogen (secondary N) is 1. The number of amides is 1. The number of alkyl carbamates (subject to hydrolysis) is 1. The number of hydrogen-bond acceptors (Lipinski definition) is 8. The van der Waals surface area contributed by atoms with E-state index in [0.29, 0.717) is 31.9 Å². The number of rotatable bonds is 9. The van der Waals surface area contributed by atoms with Crippen LogP contribution in [0.25, 0.3) is 20.5 Å². The summed E-state index contributed by atoms with van der Waals surface area (Å²) < 4.78 is 6.60. The van der Waals surface area contributed by atoms with Gasteiger partial charge in [-0.2, -0.15) is 4.98 Å². The quantitative estimate of drug-likeness (QED) is 0.209. The van der Waals surface area contributed by atoms with Crippen LogP contribution in [0.2, 0.25) is 0 Å². The minimum absolute atomic E-state index is 0.206. The van der Waals surface area contributed by atoms with Gasteiger partial charge in [-0.1, -0.05) is 48.5 Å². The minimum Gasteiger partial charge on any atom is -0.445 e. The maximum absolute atomic E-state index is 12.3. The highest BCUT2D eigenvalue weighted by Crippen LogP contribution is 2.40. The Morgan fingerprint density at radius 3 is 2.75 bits per heavy atom. The summed E-state index contributed by atoms with van der Waals surface area (Å²) >= 11 is 1.78. The summed E-state index contributed by atoms with van der Waals surface area (Å²) in [5, 5.41) is 4.08. The molecule has 1 amide bonds. The molecule has 3 N–H and O–H groups in total. The van der Waals surface area contributed by atoms with Crippen molar-refractivity contribution < 1.29 is 9.53 Å². The Balaban J connectivity index is 1.23. The molecule has 8 nitrogen and oxygen atoms in total. The molecule has 3 aromatic carbocycles. The van der Waals surface area contributed by atoms with Crippen molar-refractivity contribution in [3.05, 3.63) is 102 Å². The average molecular weight is 549 g/mol. The molecule has 40 heavy (non-hydrogen) atoms. The van der Waals surface area contributed by atoms with E-state index >= 15 is 0 Å². The molecule has 200 valence electrons. The first-order valence-corrected chi connectivity index (χ1v) is 13.9. The van der Waals surface area contributed by atoms with Gasteiger partial charge in [-0.25, -0.2) is 9.78 Å². The Morgan fingerprint density at radius 1 is 1.05 bits per heavy atom. The van der Waals surface area contributed by atoms with Crippen LogP contribution in [0.4, 0.5) is 22.2 Å². The van der Waals surface area contributed by atoms with Crippen LogP contribution in [-0.2, 0) is 17.9 Å². The fourth-order valence-corrected chi connectivity index (χ4v) is 5.89. The monoisotopic (exact) mass is 548 g/mol. The highest BCUT2D eigenvalue weighted by molar-refractivity contribution is 7.22.